The summed E-state index contributed by atoms with van der Waals surface area (Å²) in [6.45, 7) is 0. The molecule has 0 saturated heterocycles. The number of thioether (sulfide) groups is 1. The van der Waals surface area contributed by atoms with Crippen LogP contribution in [0.2, 0.25) is 0 Å². The SMILES string of the molecule is O=C(O)CC(C(=O)O)C(Sc1nc2ccccc2o1)C(=O)O. The van der Waals surface area contributed by atoms with Crippen molar-refractivity contribution < 1.29 is 34.1 Å². The number of benzene rings is 1. The second kappa shape index (κ2) is 6.48. The van der Waals surface area contributed by atoms with Crippen molar-refractivity contribution in [3.63, 3.8) is 0 Å². The van der Waals surface area contributed by atoms with Crippen LogP contribution in [0.4, 0.5) is 0 Å². The molecule has 0 saturated carbocycles. The molecule has 2 rings (SSSR count). The predicted molar refractivity (Wildman–Crippen MR) is 74.7 cm³/mol. The summed E-state index contributed by atoms with van der Waals surface area (Å²) < 4.78 is 5.33. The Balaban J connectivity index is 2.28. The molecule has 9 heteroatoms. The largest absolute Gasteiger partial charge is 0.481 e. The second-order valence-corrected chi connectivity index (χ2v) is 5.46. The van der Waals surface area contributed by atoms with Crippen molar-refractivity contribution in [2.75, 3.05) is 0 Å². The van der Waals surface area contributed by atoms with Crippen LogP contribution in [0.1, 0.15) is 6.42 Å². The normalized spacial score (nSPS) is 13.6. The van der Waals surface area contributed by atoms with E-state index in [-0.39, 0.29) is 5.22 Å². The first kappa shape index (κ1) is 15.8. The van der Waals surface area contributed by atoms with Gasteiger partial charge in [-0.05, 0) is 12.1 Å². The zero-order valence-electron chi connectivity index (χ0n) is 11.0. The van der Waals surface area contributed by atoms with Crippen molar-refractivity contribution in [1.82, 2.24) is 4.98 Å². The highest BCUT2D eigenvalue weighted by Crippen LogP contribution is 2.32. The molecule has 0 aliphatic carbocycles. The highest BCUT2D eigenvalue weighted by molar-refractivity contribution is 8.00. The van der Waals surface area contributed by atoms with E-state index >= 15 is 0 Å². The van der Waals surface area contributed by atoms with Crippen molar-refractivity contribution in [3.8, 4) is 0 Å². The van der Waals surface area contributed by atoms with Crippen LogP contribution in [0.15, 0.2) is 33.9 Å². The average molecular weight is 325 g/mol. The minimum atomic E-state index is -1.60. The third-order valence-electron chi connectivity index (χ3n) is 2.82. The first-order valence-corrected chi connectivity index (χ1v) is 6.96. The van der Waals surface area contributed by atoms with Gasteiger partial charge in [0.1, 0.15) is 10.8 Å². The molecule has 3 N–H and O–H groups in total. The molecule has 0 bridgehead atoms. The van der Waals surface area contributed by atoms with Crippen LogP contribution in [0.5, 0.6) is 0 Å². The predicted octanol–water partition coefficient (Wildman–Crippen LogP) is 1.55. The summed E-state index contributed by atoms with van der Waals surface area (Å²) in [5.74, 6) is -5.94. The lowest BCUT2D eigenvalue weighted by Gasteiger charge is -2.16. The average Bonchev–Trinajstić information content (AvgIpc) is 2.84. The highest BCUT2D eigenvalue weighted by Gasteiger charge is 2.37. The number of fused-ring (bicyclic) bond motifs is 1. The van der Waals surface area contributed by atoms with Crippen LogP contribution < -0.4 is 0 Å². The second-order valence-electron chi connectivity index (χ2n) is 4.37. The Labute approximate surface area is 127 Å². The van der Waals surface area contributed by atoms with Gasteiger partial charge in [0, 0.05) is 0 Å². The number of nitrogens with zero attached hydrogens (tertiary/aromatic N) is 1. The number of hydrogen-bond acceptors (Lipinski definition) is 6. The molecule has 2 aromatic rings. The van der Waals surface area contributed by atoms with E-state index in [0.29, 0.717) is 22.9 Å². The number of carboxylic acids is 3. The molecule has 0 aliphatic rings. The fourth-order valence-corrected chi connectivity index (χ4v) is 2.81. The summed E-state index contributed by atoms with van der Waals surface area (Å²) in [5, 5.41) is 25.5. The Hall–Kier alpha value is -2.55. The highest BCUT2D eigenvalue weighted by atomic mass is 32.2. The van der Waals surface area contributed by atoms with Crippen molar-refractivity contribution in [3.05, 3.63) is 24.3 Å². The third-order valence-corrected chi connectivity index (χ3v) is 3.98. The van der Waals surface area contributed by atoms with Crippen LogP contribution in [0.25, 0.3) is 11.1 Å². The molecule has 0 fully saturated rings. The van der Waals surface area contributed by atoms with Crippen molar-refractivity contribution in [2.45, 2.75) is 16.9 Å². The molecule has 0 radical (unpaired) electrons. The minimum absolute atomic E-state index is 0.0229. The molecule has 0 amide bonds. The quantitative estimate of drug-likeness (QED) is 0.647. The molecule has 1 heterocycles. The maximum atomic E-state index is 11.3. The molecular formula is C13H11NO7S. The third kappa shape index (κ3) is 3.55. The summed E-state index contributed by atoms with van der Waals surface area (Å²) in [6.07, 6.45) is -0.806. The monoisotopic (exact) mass is 325 g/mol. The van der Waals surface area contributed by atoms with E-state index in [9.17, 15) is 19.5 Å². The number of aromatic nitrogens is 1. The lowest BCUT2D eigenvalue weighted by Crippen LogP contribution is -2.34. The fraction of sp³-hybridized carbons (Fsp3) is 0.231. The van der Waals surface area contributed by atoms with Gasteiger partial charge in [0.2, 0.25) is 0 Å². The van der Waals surface area contributed by atoms with E-state index in [1.54, 1.807) is 24.3 Å². The smallest absolute Gasteiger partial charge is 0.318 e. The minimum Gasteiger partial charge on any atom is -0.481 e. The maximum Gasteiger partial charge on any atom is 0.318 e. The van der Waals surface area contributed by atoms with Gasteiger partial charge in [0.25, 0.3) is 5.22 Å². The van der Waals surface area contributed by atoms with Crippen molar-refractivity contribution in [2.24, 2.45) is 5.92 Å². The Morgan fingerprint density at radius 2 is 1.82 bits per heavy atom. The molecule has 1 aromatic carbocycles. The molecule has 8 nitrogen and oxygen atoms in total. The lowest BCUT2D eigenvalue weighted by atomic mass is 10.0. The fourth-order valence-electron chi connectivity index (χ4n) is 1.83. The number of carbonyl (C=O) groups is 3. The molecular weight excluding hydrogens is 314 g/mol. The number of para-hydroxylation sites is 2. The summed E-state index contributed by atoms with van der Waals surface area (Å²) in [5.41, 5.74) is 0.929. The number of aliphatic carboxylic acids is 3. The lowest BCUT2D eigenvalue weighted by molar-refractivity contribution is -0.151. The van der Waals surface area contributed by atoms with E-state index < -0.39 is 35.5 Å². The maximum absolute atomic E-state index is 11.3. The van der Waals surface area contributed by atoms with E-state index in [0.717, 1.165) is 0 Å². The molecule has 22 heavy (non-hydrogen) atoms. The van der Waals surface area contributed by atoms with Gasteiger partial charge in [-0.3, -0.25) is 14.4 Å². The van der Waals surface area contributed by atoms with E-state index in [1.807, 2.05) is 0 Å². The standard InChI is InChI=1S/C13H11NO7S/c15-9(16)5-6(11(17)18)10(12(19)20)22-13-14-7-3-1-2-4-8(7)21-13/h1-4,6,10H,5H2,(H,15,16)(H,17,18)(H,19,20). The zero-order valence-corrected chi connectivity index (χ0v) is 11.8. The van der Waals surface area contributed by atoms with Gasteiger partial charge >= 0.3 is 17.9 Å². The van der Waals surface area contributed by atoms with Crippen LogP contribution in [-0.2, 0) is 14.4 Å². The summed E-state index contributed by atoms with van der Waals surface area (Å²) >= 11 is 0.579. The Morgan fingerprint density at radius 3 is 2.36 bits per heavy atom. The number of rotatable bonds is 7. The van der Waals surface area contributed by atoms with Crippen molar-refractivity contribution in [1.29, 1.82) is 0 Å². The van der Waals surface area contributed by atoms with Gasteiger partial charge in [-0.2, -0.15) is 0 Å². The van der Waals surface area contributed by atoms with Crippen LogP contribution in [0.3, 0.4) is 0 Å². The Morgan fingerprint density at radius 1 is 1.14 bits per heavy atom. The number of hydrogen-bond donors (Lipinski definition) is 3. The van der Waals surface area contributed by atoms with Gasteiger partial charge in [0.05, 0.1) is 12.3 Å². The van der Waals surface area contributed by atoms with Gasteiger partial charge in [-0.1, -0.05) is 23.9 Å². The molecule has 0 spiro atoms. The van der Waals surface area contributed by atoms with Crippen LogP contribution >= 0.6 is 11.8 Å². The molecule has 0 aliphatic heterocycles. The van der Waals surface area contributed by atoms with E-state index in [4.69, 9.17) is 14.6 Å². The van der Waals surface area contributed by atoms with Gasteiger partial charge in [0.15, 0.2) is 5.58 Å². The van der Waals surface area contributed by atoms with E-state index in [1.165, 1.54) is 0 Å². The Bertz CT molecular complexity index is 693. The van der Waals surface area contributed by atoms with Gasteiger partial charge in [-0.25, -0.2) is 4.98 Å². The van der Waals surface area contributed by atoms with E-state index in [2.05, 4.69) is 4.98 Å². The molecule has 116 valence electrons. The zero-order chi connectivity index (χ0) is 16.3. The number of carboxylic acid groups (broad SMARTS) is 3. The summed E-state index contributed by atoms with van der Waals surface area (Å²) in [7, 11) is 0. The Kier molecular flexibility index (Phi) is 4.66. The first-order valence-electron chi connectivity index (χ1n) is 6.08. The molecule has 2 atom stereocenters. The van der Waals surface area contributed by atoms with Gasteiger partial charge < -0.3 is 19.7 Å². The summed E-state index contributed by atoms with van der Waals surface area (Å²) in [6, 6.07) is 6.72. The topological polar surface area (TPSA) is 138 Å². The van der Waals surface area contributed by atoms with Crippen LogP contribution in [0, 0.1) is 5.92 Å². The molecule has 1 aromatic heterocycles. The molecule has 2 unspecified atom stereocenters. The van der Waals surface area contributed by atoms with Crippen molar-refractivity contribution >= 4 is 40.8 Å². The first-order chi connectivity index (χ1) is 10.4. The van der Waals surface area contributed by atoms with Crippen LogP contribution in [-0.4, -0.2) is 43.5 Å². The number of oxazole rings is 1. The summed E-state index contributed by atoms with van der Waals surface area (Å²) in [4.78, 5) is 37.2. The van der Waals surface area contributed by atoms with Gasteiger partial charge in [-0.15, -0.1) is 0 Å².